The minimum Gasteiger partial charge on any atom is -0.465 e. The first-order chi connectivity index (χ1) is 11.3. The molecule has 8 heteroatoms. The first kappa shape index (κ1) is 21.5. The van der Waals surface area contributed by atoms with Crippen molar-refractivity contribution in [1.29, 1.82) is 0 Å². The Morgan fingerprint density at radius 3 is 2.44 bits per heavy atom. The van der Waals surface area contributed by atoms with E-state index < -0.39 is 38.3 Å². The first-order valence-corrected chi connectivity index (χ1v) is 11.0. The van der Waals surface area contributed by atoms with Crippen LogP contribution in [0.1, 0.15) is 38.9 Å². The van der Waals surface area contributed by atoms with Gasteiger partial charge in [0.2, 0.25) is 0 Å². The summed E-state index contributed by atoms with van der Waals surface area (Å²) < 4.78 is 33.3. The van der Waals surface area contributed by atoms with Crippen LogP contribution in [0.3, 0.4) is 0 Å². The maximum absolute atomic E-state index is 13.8. The molecule has 2 atom stereocenters. The summed E-state index contributed by atoms with van der Waals surface area (Å²) in [7, 11) is -2.24. The quantitative estimate of drug-likeness (QED) is 0.628. The molecule has 1 aromatic rings. The first-order valence-electron chi connectivity index (χ1n) is 8.11. The fraction of sp³-hybridized carbons (Fsp3) is 0.588. The molecular formula is C17H27F2NO4Si. The van der Waals surface area contributed by atoms with Crippen molar-refractivity contribution in [1.82, 2.24) is 5.32 Å². The predicted octanol–water partition coefficient (Wildman–Crippen LogP) is 4.05. The van der Waals surface area contributed by atoms with Gasteiger partial charge in [0, 0.05) is 18.5 Å². The lowest BCUT2D eigenvalue weighted by Crippen LogP contribution is -2.47. The molecule has 1 rings (SSSR count). The number of aliphatic hydroxyl groups excluding tert-OH is 1. The summed E-state index contributed by atoms with van der Waals surface area (Å²) in [5.74, 6) is -1.37. The zero-order valence-electron chi connectivity index (χ0n) is 15.3. The fourth-order valence-electron chi connectivity index (χ4n) is 2.11. The molecule has 0 spiro atoms. The van der Waals surface area contributed by atoms with E-state index in [-0.39, 0.29) is 23.6 Å². The lowest BCUT2D eigenvalue weighted by molar-refractivity contribution is 0.0826. The van der Waals surface area contributed by atoms with Crippen molar-refractivity contribution in [2.45, 2.75) is 57.5 Å². The Bertz CT molecular complexity index is 605. The molecule has 1 amide bonds. The van der Waals surface area contributed by atoms with E-state index >= 15 is 0 Å². The summed E-state index contributed by atoms with van der Waals surface area (Å²) in [5.41, 5.74) is -0.167. The summed E-state index contributed by atoms with van der Waals surface area (Å²) in [5, 5.41) is 21.3. The van der Waals surface area contributed by atoms with E-state index in [9.17, 15) is 18.7 Å². The molecule has 0 radical (unpaired) electrons. The average Bonchev–Trinajstić information content (AvgIpc) is 2.45. The number of halogens is 2. The second-order valence-corrected chi connectivity index (χ2v) is 12.4. The number of hydrogen-bond acceptors (Lipinski definition) is 3. The van der Waals surface area contributed by atoms with Gasteiger partial charge in [0.15, 0.2) is 8.32 Å². The van der Waals surface area contributed by atoms with Gasteiger partial charge in [0.25, 0.3) is 0 Å². The van der Waals surface area contributed by atoms with E-state index in [0.717, 1.165) is 18.2 Å². The molecule has 0 aliphatic heterocycles. The standard InChI is InChI=1S/C17H27F2NO4Si/c1-17(2,3)25(4,5)24-12(10-20-16(22)23)9-15(21)13-8-11(18)6-7-14(13)19/h6-8,12,15,20-21H,9-10H2,1-5H3,(H,22,23)/t12-,15?/m1/s1. The summed E-state index contributed by atoms with van der Waals surface area (Å²) in [6, 6.07) is 2.86. The molecule has 1 unspecified atom stereocenters. The van der Waals surface area contributed by atoms with Gasteiger partial charge in [-0.15, -0.1) is 0 Å². The van der Waals surface area contributed by atoms with E-state index in [1.165, 1.54) is 0 Å². The molecule has 0 aromatic heterocycles. The van der Waals surface area contributed by atoms with Gasteiger partial charge in [-0.3, -0.25) is 0 Å². The van der Waals surface area contributed by atoms with Gasteiger partial charge < -0.3 is 20.0 Å². The highest BCUT2D eigenvalue weighted by molar-refractivity contribution is 6.74. The van der Waals surface area contributed by atoms with Crippen LogP contribution >= 0.6 is 0 Å². The van der Waals surface area contributed by atoms with Crippen molar-refractivity contribution in [3.05, 3.63) is 35.4 Å². The summed E-state index contributed by atoms with van der Waals surface area (Å²) in [6.45, 7) is 10.0. The van der Waals surface area contributed by atoms with Gasteiger partial charge in [-0.2, -0.15) is 0 Å². The minimum atomic E-state index is -2.24. The van der Waals surface area contributed by atoms with Gasteiger partial charge in [0.1, 0.15) is 11.6 Å². The Morgan fingerprint density at radius 1 is 1.32 bits per heavy atom. The zero-order valence-corrected chi connectivity index (χ0v) is 16.3. The molecule has 0 aliphatic carbocycles. The van der Waals surface area contributed by atoms with Gasteiger partial charge in [-0.05, 0) is 36.3 Å². The number of amides is 1. The van der Waals surface area contributed by atoms with Crippen molar-refractivity contribution in [3.63, 3.8) is 0 Å². The van der Waals surface area contributed by atoms with Crippen LogP contribution in [0.25, 0.3) is 0 Å². The van der Waals surface area contributed by atoms with Crippen molar-refractivity contribution >= 4 is 14.4 Å². The number of hydrogen-bond donors (Lipinski definition) is 3. The third-order valence-electron chi connectivity index (χ3n) is 4.55. The summed E-state index contributed by atoms with van der Waals surface area (Å²) in [6.07, 6.45) is -3.22. The van der Waals surface area contributed by atoms with Crippen molar-refractivity contribution in [2.75, 3.05) is 6.54 Å². The Balaban J connectivity index is 2.96. The third kappa shape index (κ3) is 6.37. The smallest absolute Gasteiger partial charge is 0.404 e. The van der Waals surface area contributed by atoms with Crippen molar-refractivity contribution in [2.24, 2.45) is 0 Å². The van der Waals surface area contributed by atoms with E-state index in [1.807, 2.05) is 33.9 Å². The van der Waals surface area contributed by atoms with Crippen molar-refractivity contribution in [3.8, 4) is 0 Å². The van der Waals surface area contributed by atoms with E-state index in [0.29, 0.717) is 0 Å². The van der Waals surface area contributed by atoms with Crippen LogP contribution in [0.5, 0.6) is 0 Å². The highest BCUT2D eigenvalue weighted by atomic mass is 28.4. The monoisotopic (exact) mass is 375 g/mol. The topological polar surface area (TPSA) is 78.8 Å². The molecule has 0 saturated heterocycles. The largest absolute Gasteiger partial charge is 0.465 e. The normalized spacial score (nSPS) is 14.9. The Kier molecular flexibility index (Phi) is 7.10. The highest BCUT2D eigenvalue weighted by Crippen LogP contribution is 2.38. The maximum Gasteiger partial charge on any atom is 0.404 e. The van der Waals surface area contributed by atoms with Gasteiger partial charge >= 0.3 is 6.09 Å². The van der Waals surface area contributed by atoms with Crippen LogP contribution in [0, 0.1) is 11.6 Å². The molecule has 142 valence electrons. The molecule has 1 aromatic carbocycles. The SMILES string of the molecule is CC(C)(C)[Si](C)(C)O[C@@H](CNC(=O)O)CC(O)c1cc(F)ccc1F. The van der Waals surface area contributed by atoms with Gasteiger partial charge in [-0.25, -0.2) is 13.6 Å². The molecular weight excluding hydrogens is 348 g/mol. The third-order valence-corrected chi connectivity index (χ3v) is 9.09. The van der Waals surface area contributed by atoms with E-state index in [1.54, 1.807) is 0 Å². The van der Waals surface area contributed by atoms with Crippen LogP contribution in [0.15, 0.2) is 18.2 Å². The molecule has 3 N–H and O–H groups in total. The number of rotatable bonds is 7. The molecule has 0 bridgehead atoms. The predicted molar refractivity (Wildman–Crippen MR) is 94.0 cm³/mol. The molecule has 5 nitrogen and oxygen atoms in total. The van der Waals surface area contributed by atoms with Crippen LogP contribution in [-0.2, 0) is 4.43 Å². The molecule has 0 aliphatic rings. The lowest BCUT2D eigenvalue weighted by Gasteiger charge is -2.39. The lowest BCUT2D eigenvalue weighted by atomic mass is 10.0. The van der Waals surface area contributed by atoms with Crippen LogP contribution in [0.2, 0.25) is 18.1 Å². The minimum absolute atomic E-state index is 0.0458. The van der Waals surface area contributed by atoms with Gasteiger partial charge in [-0.1, -0.05) is 20.8 Å². The second kappa shape index (κ2) is 8.24. The maximum atomic E-state index is 13.8. The van der Waals surface area contributed by atoms with Crippen LogP contribution in [0.4, 0.5) is 13.6 Å². The Morgan fingerprint density at radius 2 is 1.92 bits per heavy atom. The Labute approximate surface area is 148 Å². The van der Waals surface area contributed by atoms with E-state index in [4.69, 9.17) is 9.53 Å². The molecule has 0 saturated carbocycles. The fourth-order valence-corrected chi connectivity index (χ4v) is 3.48. The summed E-state index contributed by atoms with van der Waals surface area (Å²) in [4.78, 5) is 10.8. The van der Waals surface area contributed by atoms with Gasteiger partial charge in [0.05, 0.1) is 12.2 Å². The van der Waals surface area contributed by atoms with Crippen LogP contribution < -0.4 is 5.32 Å². The molecule has 25 heavy (non-hydrogen) atoms. The van der Waals surface area contributed by atoms with Crippen LogP contribution in [-0.4, -0.2) is 37.3 Å². The number of benzene rings is 1. The molecule has 0 fully saturated rings. The second-order valence-electron chi connectivity index (χ2n) is 7.60. The number of aliphatic hydroxyl groups is 1. The summed E-state index contributed by atoms with van der Waals surface area (Å²) >= 11 is 0. The van der Waals surface area contributed by atoms with Crippen molar-refractivity contribution < 1.29 is 28.2 Å². The number of nitrogens with one attached hydrogen (secondary N) is 1. The number of carboxylic acid groups (broad SMARTS) is 1. The zero-order chi connectivity index (χ0) is 19.4. The van der Waals surface area contributed by atoms with E-state index in [2.05, 4.69) is 5.32 Å². The highest BCUT2D eigenvalue weighted by Gasteiger charge is 2.39. The molecule has 0 heterocycles. The average molecular weight is 375 g/mol. The Hall–Kier alpha value is -1.51. The number of carbonyl (C=O) groups is 1.